The van der Waals surface area contributed by atoms with Gasteiger partial charge < -0.3 is 0 Å². The lowest BCUT2D eigenvalue weighted by Crippen LogP contribution is -2.33. The van der Waals surface area contributed by atoms with Crippen molar-refractivity contribution in [3.05, 3.63) is 169 Å². The first-order valence-electron chi connectivity index (χ1n) is 17.0. The van der Waals surface area contributed by atoms with Crippen LogP contribution in [-0.2, 0) is 0 Å². The van der Waals surface area contributed by atoms with Gasteiger partial charge in [-0.15, -0.1) is 0 Å². The van der Waals surface area contributed by atoms with Crippen molar-refractivity contribution in [3.8, 4) is 33.4 Å². The van der Waals surface area contributed by atoms with E-state index >= 15 is 0 Å². The lowest BCUT2D eigenvalue weighted by Gasteiger charge is -2.43. The third kappa shape index (κ3) is 6.63. The molecule has 1 aliphatic rings. The van der Waals surface area contributed by atoms with E-state index in [1.807, 2.05) is 0 Å². The molecular formula is C46H46. The van der Waals surface area contributed by atoms with Crippen molar-refractivity contribution in [3.63, 3.8) is 0 Å². The molecule has 0 aliphatic heterocycles. The molecule has 0 bridgehead atoms. The highest BCUT2D eigenvalue weighted by Gasteiger charge is 2.39. The summed E-state index contributed by atoms with van der Waals surface area (Å²) in [5, 5.41) is 0. The molecule has 0 aromatic heterocycles. The number of benzene rings is 5. The maximum atomic E-state index is 2.52. The van der Waals surface area contributed by atoms with E-state index in [1.165, 1.54) is 55.7 Å². The van der Waals surface area contributed by atoms with Crippen LogP contribution in [0.5, 0.6) is 0 Å². The molecule has 5 aromatic carbocycles. The van der Waals surface area contributed by atoms with Gasteiger partial charge in [0, 0.05) is 0 Å². The Hall–Kier alpha value is -4.68. The fraction of sp³-hybridized carbons (Fsp3) is 0.217. The van der Waals surface area contributed by atoms with E-state index in [0.29, 0.717) is 11.8 Å². The third-order valence-corrected chi connectivity index (χ3v) is 10.2. The van der Waals surface area contributed by atoms with E-state index in [-0.39, 0.29) is 5.41 Å². The molecule has 230 valence electrons. The Balaban J connectivity index is 1.43. The molecule has 46 heavy (non-hydrogen) atoms. The Bertz CT molecular complexity index is 1780. The zero-order valence-corrected chi connectivity index (χ0v) is 27.8. The van der Waals surface area contributed by atoms with Crippen LogP contribution in [0.15, 0.2) is 158 Å². The summed E-state index contributed by atoms with van der Waals surface area (Å²) in [6.45, 7) is 9.49. The molecule has 0 N–H and O–H groups in total. The molecule has 0 radical (unpaired) electrons. The van der Waals surface area contributed by atoms with E-state index in [4.69, 9.17) is 0 Å². The monoisotopic (exact) mass is 598 g/mol. The first-order chi connectivity index (χ1) is 22.5. The molecule has 3 unspecified atom stereocenters. The Morgan fingerprint density at radius 2 is 1.09 bits per heavy atom. The summed E-state index contributed by atoms with van der Waals surface area (Å²) in [6, 6.07) is 48.7. The predicted octanol–water partition coefficient (Wildman–Crippen LogP) is 13.2. The van der Waals surface area contributed by atoms with Crippen LogP contribution in [0.3, 0.4) is 0 Å². The summed E-state index contributed by atoms with van der Waals surface area (Å²) >= 11 is 0. The maximum absolute atomic E-state index is 2.52. The molecule has 0 saturated heterocycles. The normalized spacial score (nSPS) is 16.8. The van der Waals surface area contributed by atoms with Gasteiger partial charge in [-0.1, -0.05) is 168 Å². The van der Waals surface area contributed by atoms with Gasteiger partial charge in [-0.2, -0.15) is 0 Å². The van der Waals surface area contributed by atoms with Gasteiger partial charge >= 0.3 is 0 Å². The second-order valence-electron chi connectivity index (χ2n) is 13.0. The van der Waals surface area contributed by atoms with Crippen LogP contribution in [0.25, 0.3) is 44.5 Å². The fourth-order valence-corrected chi connectivity index (χ4v) is 7.11. The lowest BCUT2D eigenvalue weighted by molar-refractivity contribution is 0.200. The molecule has 0 heterocycles. The summed E-state index contributed by atoms with van der Waals surface area (Å²) in [7, 11) is 0. The van der Waals surface area contributed by atoms with Crippen molar-refractivity contribution in [1.29, 1.82) is 0 Å². The van der Waals surface area contributed by atoms with Crippen molar-refractivity contribution in [2.75, 3.05) is 0 Å². The molecule has 6 rings (SSSR count). The van der Waals surface area contributed by atoms with Gasteiger partial charge in [0.1, 0.15) is 0 Å². The molecule has 0 saturated carbocycles. The van der Waals surface area contributed by atoms with Crippen LogP contribution < -0.4 is 0 Å². The summed E-state index contributed by atoms with van der Waals surface area (Å²) < 4.78 is 0. The van der Waals surface area contributed by atoms with Gasteiger partial charge in [0.05, 0.1) is 0 Å². The van der Waals surface area contributed by atoms with Gasteiger partial charge in [-0.3, -0.25) is 0 Å². The van der Waals surface area contributed by atoms with Crippen molar-refractivity contribution in [2.45, 2.75) is 47.0 Å². The van der Waals surface area contributed by atoms with E-state index in [2.05, 4.69) is 185 Å². The Labute approximate surface area is 276 Å². The van der Waals surface area contributed by atoms with Crippen LogP contribution in [0.1, 0.15) is 58.1 Å². The minimum Gasteiger partial charge on any atom is -0.0882 e. The smallest absolute Gasteiger partial charge is 0.00298 e. The highest BCUT2D eigenvalue weighted by atomic mass is 14.4. The third-order valence-electron chi connectivity index (χ3n) is 10.2. The average molecular weight is 599 g/mol. The predicted molar refractivity (Wildman–Crippen MR) is 200 cm³/mol. The van der Waals surface area contributed by atoms with Crippen LogP contribution in [0.2, 0.25) is 0 Å². The minimum absolute atomic E-state index is 0.0715. The molecule has 0 nitrogen and oxygen atoms in total. The van der Waals surface area contributed by atoms with Crippen molar-refractivity contribution in [2.24, 2.45) is 17.3 Å². The second-order valence-corrected chi connectivity index (χ2v) is 13.0. The Morgan fingerprint density at radius 3 is 1.63 bits per heavy atom. The molecule has 0 amide bonds. The van der Waals surface area contributed by atoms with Crippen LogP contribution >= 0.6 is 0 Å². The van der Waals surface area contributed by atoms with Gasteiger partial charge in [0.25, 0.3) is 0 Å². The average Bonchev–Trinajstić information content (AvgIpc) is 3.14. The fourth-order valence-electron chi connectivity index (χ4n) is 7.11. The number of hydrogen-bond donors (Lipinski definition) is 0. The van der Waals surface area contributed by atoms with E-state index in [1.54, 1.807) is 0 Å². The summed E-state index contributed by atoms with van der Waals surface area (Å²) in [5.74, 6) is 0.983. The SMILES string of the molecule is CCC=CC(C)(C(C)CC)C1CC=C(c2cccc(-c3cc(-c4ccccc4)cc(-c4ccccc4)c3)c2)C=C1c1ccccc1. The van der Waals surface area contributed by atoms with E-state index in [9.17, 15) is 0 Å². The zero-order valence-electron chi connectivity index (χ0n) is 27.8. The molecular weight excluding hydrogens is 553 g/mol. The second kappa shape index (κ2) is 14.2. The maximum Gasteiger partial charge on any atom is -0.00298 e. The van der Waals surface area contributed by atoms with Crippen molar-refractivity contribution < 1.29 is 0 Å². The van der Waals surface area contributed by atoms with Gasteiger partial charge in [0.15, 0.2) is 0 Å². The summed E-state index contributed by atoms with van der Waals surface area (Å²) in [4.78, 5) is 0. The number of rotatable bonds is 10. The highest BCUT2D eigenvalue weighted by molar-refractivity contribution is 5.89. The topological polar surface area (TPSA) is 0 Å². The molecule has 1 aliphatic carbocycles. The molecule has 0 spiro atoms. The van der Waals surface area contributed by atoms with E-state index in [0.717, 1.165) is 19.3 Å². The van der Waals surface area contributed by atoms with Gasteiger partial charge in [0.2, 0.25) is 0 Å². The van der Waals surface area contributed by atoms with Crippen LogP contribution in [0.4, 0.5) is 0 Å². The van der Waals surface area contributed by atoms with Crippen molar-refractivity contribution in [1.82, 2.24) is 0 Å². The highest BCUT2D eigenvalue weighted by Crippen LogP contribution is 2.50. The summed E-state index contributed by atoms with van der Waals surface area (Å²) in [6.07, 6.45) is 13.1. The Morgan fingerprint density at radius 1 is 0.609 bits per heavy atom. The quantitative estimate of drug-likeness (QED) is 0.140. The van der Waals surface area contributed by atoms with Crippen LogP contribution in [0, 0.1) is 17.3 Å². The number of allylic oxidation sites excluding steroid dienone is 6. The molecule has 5 aromatic rings. The Kier molecular flexibility index (Phi) is 9.65. The minimum atomic E-state index is 0.0715. The van der Waals surface area contributed by atoms with E-state index < -0.39 is 0 Å². The first kappa shape index (κ1) is 31.3. The molecule has 0 fully saturated rings. The van der Waals surface area contributed by atoms with Crippen LogP contribution in [-0.4, -0.2) is 0 Å². The largest absolute Gasteiger partial charge is 0.0882 e. The zero-order chi connectivity index (χ0) is 31.9. The standard InChI is InChI=1S/C46H46/c1-5-7-28-46(4,34(3)6-2)45-27-26-40(33-44(45)37-22-15-10-16-23-37)38-24-17-25-39(29-38)43-31-41(35-18-11-8-12-19-35)30-42(32-43)36-20-13-9-14-21-36/h7-26,28-34,45H,5-6,27H2,1-4H3. The number of hydrogen-bond acceptors (Lipinski definition) is 0. The molecule has 0 heteroatoms. The lowest BCUT2D eigenvalue weighted by atomic mass is 9.61. The van der Waals surface area contributed by atoms with Gasteiger partial charge in [-0.05, 0) is 110 Å². The van der Waals surface area contributed by atoms with Crippen molar-refractivity contribution >= 4 is 11.1 Å². The van der Waals surface area contributed by atoms with Gasteiger partial charge in [-0.25, -0.2) is 0 Å². The summed E-state index contributed by atoms with van der Waals surface area (Å²) in [5.41, 5.74) is 12.8. The molecule has 3 atom stereocenters. The first-order valence-corrected chi connectivity index (χ1v) is 17.0.